The molecule has 0 spiro atoms. The van der Waals surface area contributed by atoms with Gasteiger partial charge in [0.25, 0.3) is 6.43 Å². The van der Waals surface area contributed by atoms with Crippen LogP contribution >= 0.6 is 0 Å². The molecule has 0 radical (unpaired) electrons. The molecule has 0 saturated carbocycles. The molecule has 0 saturated heterocycles. The molecule has 2 aromatic heterocycles. The predicted octanol–water partition coefficient (Wildman–Crippen LogP) is 3.16. The zero-order chi connectivity index (χ0) is 22.4. The quantitative estimate of drug-likeness (QED) is 0.531. The van der Waals surface area contributed by atoms with Crippen LogP contribution in [0.3, 0.4) is 0 Å². The van der Waals surface area contributed by atoms with Gasteiger partial charge in [-0.25, -0.2) is 18.7 Å². The Morgan fingerprint density at radius 3 is 2.88 bits per heavy atom. The molecule has 3 atom stereocenters. The van der Waals surface area contributed by atoms with E-state index in [0.717, 1.165) is 46.3 Å². The minimum atomic E-state index is -2.51. The SMILES string of the molecule is Cc1ncnc2c1ccn2[C@@H]1C=C(CCc2cc(C(F)F)cc3c2CNCC3)[C@@H](O)[C@H]1O. The Kier molecular flexibility index (Phi) is 5.53. The van der Waals surface area contributed by atoms with E-state index in [1.54, 1.807) is 12.1 Å². The summed E-state index contributed by atoms with van der Waals surface area (Å²) in [6.07, 6.45) is 2.45. The molecule has 8 heteroatoms. The molecule has 1 aliphatic heterocycles. The van der Waals surface area contributed by atoms with Crippen molar-refractivity contribution >= 4 is 11.0 Å². The number of hydrogen-bond donors (Lipinski definition) is 3. The van der Waals surface area contributed by atoms with E-state index < -0.39 is 24.7 Å². The molecule has 168 valence electrons. The lowest BCUT2D eigenvalue weighted by molar-refractivity contribution is 0.0317. The number of benzene rings is 1. The normalized spacial score (nSPS) is 23.1. The molecule has 3 N–H and O–H groups in total. The minimum Gasteiger partial charge on any atom is -0.388 e. The summed E-state index contributed by atoms with van der Waals surface area (Å²) in [6.45, 7) is 3.35. The fourth-order valence-electron chi connectivity index (χ4n) is 4.98. The molecule has 3 heterocycles. The maximum absolute atomic E-state index is 13.4. The first-order valence-electron chi connectivity index (χ1n) is 10.9. The average Bonchev–Trinajstić information content (AvgIpc) is 3.34. The van der Waals surface area contributed by atoms with Crippen LogP contribution in [0.25, 0.3) is 11.0 Å². The van der Waals surface area contributed by atoms with Crippen LogP contribution < -0.4 is 5.32 Å². The maximum atomic E-state index is 13.4. The van der Waals surface area contributed by atoms with Gasteiger partial charge in [0.1, 0.15) is 24.2 Å². The van der Waals surface area contributed by atoms with Crippen molar-refractivity contribution in [1.29, 1.82) is 0 Å². The van der Waals surface area contributed by atoms with Crippen LogP contribution in [0.5, 0.6) is 0 Å². The molecule has 32 heavy (non-hydrogen) atoms. The Bertz CT molecular complexity index is 1190. The highest BCUT2D eigenvalue weighted by Gasteiger charge is 2.36. The summed E-state index contributed by atoms with van der Waals surface area (Å²) in [4.78, 5) is 8.55. The number of aromatic nitrogens is 3. The van der Waals surface area contributed by atoms with Crippen LogP contribution in [-0.4, -0.2) is 43.5 Å². The fraction of sp³-hybridized carbons (Fsp3) is 0.417. The number of aliphatic hydroxyl groups is 2. The van der Waals surface area contributed by atoms with E-state index in [1.807, 2.05) is 29.8 Å². The van der Waals surface area contributed by atoms with E-state index in [1.165, 1.54) is 6.33 Å². The third kappa shape index (κ3) is 3.62. The van der Waals surface area contributed by atoms with Crippen LogP contribution in [0, 0.1) is 6.92 Å². The highest BCUT2D eigenvalue weighted by atomic mass is 19.3. The Morgan fingerprint density at radius 1 is 1.22 bits per heavy atom. The molecular weight excluding hydrogens is 414 g/mol. The second-order valence-electron chi connectivity index (χ2n) is 8.63. The lowest BCUT2D eigenvalue weighted by atomic mass is 9.90. The van der Waals surface area contributed by atoms with Gasteiger partial charge in [-0.1, -0.05) is 6.08 Å². The summed E-state index contributed by atoms with van der Waals surface area (Å²) in [6, 6.07) is 4.67. The number of rotatable bonds is 5. The molecule has 2 aliphatic rings. The number of hydrogen-bond acceptors (Lipinski definition) is 5. The standard InChI is InChI=1S/C24H26F2N4O2/c1-13-18-5-7-30(24(18)29-12-28-13)20-10-16(21(31)22(20)32)3-2-14-8-17(23(25)26)9-15-4-6-27-11-19(14)15/h5,7-10,12,20-23,27,31-32H,2-4,6,11H2,1H3/t20-,21-,22+/m1/s1. The predicted molar refractivity (Wildman–Crippen MR) is 117 cm³/mol. The van der Waals surface area contributed by atoms with E-state index in [0.29, 0.717) is 25.0 Å². The summed E-state index contributed by atoms with van der Waals surface area (Å²) in [5.41, 5.74) is 5.26. The summed E-state index contributed by atoms with van der Waals surface area (Å²) in [5.74, 6) is 0. The first-order chi connectivity index (χ1) is 15.4. The van der Waals surface area contributed by atoms with Gasteiger partial charge >= 0.3 is 0 Å². The number of nitrogens with zero attached hydrogens (tertiary/aromatic N) is 3. The van der Waals surface area contributed by atoms with Crippen molar-refractivity contribution < 1.29 is 19.0 Å². The second kappa shape index (κ2) is 8.35. The van der Waals surface area contributed by atoms with E-state index in [-0.39, 0.29) is 5.56 Å². The molecular formula is C24H26F2N4O2. The molecule has 0 bridgehead atoms. The number of aliphatic hydroxyl groups excluding tert-OH is 2. The van der Waals surface area contributed by atoms with Crippen LogP contribution in [-0.2, 0) is 19.4 Å². The average molecular weight is 440 g/mol. The van der Waals surface area contributed by atoms with Gasteiger partial charge in [-0.05, 0) is 73.2 Å². The zero-order valence-corrected chi connectivity index (χ0v) is 17.8. The zero-order valence-electron chi connectivity index (χ0n) is 17.8. The highest BCUT2D eigenvalue weighted by molar-refractivity contribution is 5.78. The maximum Gasteiger partial charge on any atom is 0.263 e. The van der Waals surface area contributed by atoms with Crippen molar-refractivity contribution in [2.24, 2.45) is 0 Å². The fourth-order valence-corrected chi connectivity index (χ4v) is 4.98. The van der Waals surface area contributed by atoms with Crippen LogP contribution in [0.2, 0.25) is 0 Å². The van der Waals surface area contributed by atoms with Crippen molar-refractivity contribution in [3.63, 3.8) is 0 Å². The van der Waals surface area contributed by atoms with Crippen molar-refractivity contribution in [3.8, 4) is 0 Å². The highest BCUT2D eigenvalue weighted by Crippen LogP contribution is 2.35. The minimum absolute atomic E-state index is 0.0494. The monoisotopic (exact) mass is 440 g/mol. The summed E-state index contributed by atoms with van der Waals surface area (Å²) in [7, 11) is 0. The molecule has 5 rings (SSSR count). The number of aryl methyl sites for hydroxylation is 2. The van der Waals surface area contributed by atoms with Gasteiger partial charge in [-0.3, -0.25) is 0 Å². The van der Waals surface area contributed by atoms with Crippen molar-refractivity contribution in [2.75, 3.05) is 6.54 Å². The van der Waals surface area contributed by atoms with Gasteiger partial charge < -0.3 is 20.1 Å². The smallest absolute Gasteiger partial charge is 0.263 e. The number of halogens is 2. The van der Waals surface area contributed by atoms with Crippen LogP contribution in [0.15, 0.2) is 42.4 Å². The van der Waals surface area contributed by atoms with Crippen molar-refractivity contribution in [3.05, 3.63) is 70.3 Å². The Balaban J connectivity index is 1.42. The van der Waals surface area contributed by atoms with Gasteiger partial charge in [0, 0.05) is 23.7 Å². The molecule has 0 amide bonds. The Morgan fingerprint density at radius 2 is 2.06 bits per heavy atom. The van der Waals surface area contributed by atoms with Gasteiger partial charge in [0.05, 0.1) is 11.7 Å². The topological polar surface area (TPSA) is 83.2 Å². The molecule has 0 unspecified atom stereocenters. The van der Waals surface area contributed by atoms with Crippen LogP contribution in [0.1, 0.15) is 46.8 Å². The summed E-state index contributed by atoms with van der Waals surface area (Å²) in [5, 5.41) is 25.7. The Hall–Kier alpha value is -2.68. The number of alkyl halides is 2. The lowest BCUT2D eigenvalue weighted by Crippen LogP contribution is -2.29. The molecule has 0 fully saturated rings. The van der Waals surface area contributed by atoms with Crippen molar-refractivity contribution in [1.82, 2.24) is 19.9 Å². The first-order valence-corrected chi connectivity index (χ1v) is 10.9. The lowest BCUT2D eigenvalue weighted by Gasteiger charge is -2.23. The second-order valence-corrected chi connectivity index (χ2v) is 8.63. The van der Waals surface area contributed by atoms with Gasteiger partial charge in [0.2, 0.25) is 0 Å². The first kappa shape index (κ1) is 21.2. The molecule has 3 aromatic rings. The van der Waals surface area contributed by atoms with Gasteiger partial charge in [0.15, 0.2) is 0 Å². The largest absolute Gasteiger partial charge is 0.388 e. The third-order valence-electron chi connectivity index (χ3n) is 6.73. The van der Waals surface area contributed by atoms with E-state index in [2.05, 4.69) is 15.3 Å². The van der Waals surface area contributed by atoms with E-state index in [9.17, 15) is 19.0 Å². The van der Waals surface area contributed by atoms with E-state index in [4.69, 9.17) is 0 Å². The van der Waals surface area contributed by atoms with Gasteiger partial charge in [-0.15, -0.1) is 0 Å². The Labute approximate surface area is 184 Å². The molecule has 1 aliphatic carbocycles. The molecule has 6 nitrogen and oxygen atoms in total. The third-order valence-corrected chi connectivity index (χ3v) is 6.73. The number of fused-ring (bicyclic) bond motifs is 2. The summed E-state index contributed by atoms with van der Waals surface area (Å²) < 4.78 is 28.7. The number of nitrogens with one attached hydrogen (secondary N) is 1. The van der Waals surface area contributed by atoms with Gasteiger partial charge in [-0.2, -0.15) is 0 Å². The summed E-state index contributed by atoms with van der Waals surface area (Å²) >= 11 is 0. The van der Waals surface area contributed by atoms with Crippen LogP contribution in [0.4, 0.5) is 8.78 Å². The molecule has 1 aromatic carbocycles. The van der Waals surface area contributed by atoms with Crippen molar-refractivity contribution in [2.45, 2.75) is 57.4 Å². The van der Waals surface area contributed by atoms with E-state index >= 15 is 0 Å².